The average Bonchev–Trinajstić information content (AvgIpc) is 2.56. The Morgan fingerprint density at radius 1 is 1.00 bits per heavy atom. The zero-order chi connectivity index (χ0) is 17.5. The van der Waals surface area contributed by atoms with Crippen molar-refractivity contribution in [3.05, 3.63) is 58.6 Å². The molecule has 0 unspecified atom stereocenters. The van der Waals surface area contributed by atoms with E-state index in [0.29, 0.717) is 10.8 Å². The highest BCUT2D eigenvalue weighted by Crippen LogP contribution is 2.23. The number of aryl methyl sites for hydroxylation is 2. The summed E-state index contributed by atoms with van der Waals surface area (Å²) in [5, 5.41) is 3.14. The number of nitrogens with one attached hydrogen (secondary N) is 1. The highest BCUT2D eigenvalue weighted by atomic mass is 35.5. The second kappa shape index (κ2) is 8.36. The Morgan fingerprint density at radius 3 is 2.33 bits per heavy atom. The monoisotopic (exact) mass is 347 g/mol. The van der Waals surface area contributed by atoms with Crippen LogP contribution in [0.15, 0.2) is 42.5 Å². The maximum atomic E-state index is 11.9. The number of hydrogen-bond acceptors (Lipinski definition) is 4. The van der Waals surface area contributed by atoms with E-state index in [-0.39, 0.29) is 13.2 Å². The summed E-state index contributed by atoms with van der Waals surface area (Å²) in [6, 6.07) is 12.5. The second-order valence-electron chi connectivity index (χ2n) is 5.19. The first kappa shape index (κ1) is 17.8. The van der Waals surface area contributed by atoms with Crippen molar-refractivity contribution in [3.8, 4) is 5.75 Å². The molecule has 2 aromatic carbocycles. The van der Waals surface area contributed by atoms with Gasteiger partial charge < -0.3 is 14.8 Å². The Balaban J connectivity index is 1.79. The normalized spacial score (nSPS) is 10.1. The fourth-order valence-electron chi connectivity index (χ4n) is 2.07. The largest absolute Gasteiger partial charge is 0.480 e. The van der Waals surface area contributed by atoms with E-state index in [2.05, 4.69) is 5.32 Å². The van der Waals surface area contributed by atoms with Crippen molar-refractivity contribution >= 4 is 29.2 Å². The Labute approximate surface area is 145 Å². The molecule has 0 heterocycles. The van der Waals surface area contributed by atoms with Crippen molar-refractivity contribution in [1.82, 2.24) is 0 Å². The summed E-state index contributed by atoms with van der Waals surface area (Å²) in [5.41, 5.74) is 2.61. The zero-order valence-corrected chi connectivity index (χ0v) is 14.2. The van der Waals surface area contributed by atoms with Gasteiger partial charge in [0, 0.05) is 5.69 Å². The number of benzene rings is 2. The van der Waals surface area contributed by atoms with Gasteiger partial charge in [0.2, 0.25) is 0 Å². The molecule has 2 rings (SSSR count). The van der Waals surface area contributed by atoms with Gasteiger partial charge in [0.15, 0.2) is 13.2 Å². The van der Waals surface area contributed by atoms with E-state index in [1.54, 1.807) is 24.3 Å². The van der Waals surface area contributed by atoms with Crippen molar-refractivity contribution in [2.24, 2.45) is 0 Å². The van der Waals surface area contributed by atoms with Crippen LogP contribution in [0, 0.1) is 13.8 Å². The number of halogens is 1. The lowest BCUT2D eigenvalue weighted by Gasteiger charge is -2.12. The number of ether oxygens (including phenoxy) is 2. The Kier molecular flexibility index (Phi) is 6.21. The van der Waals surface area contributed by atoms with Crippen molar-refractivity contribution in [2.45, 2.75) is 13.8 Å². The molecule has 0 spiro atoms. The Bertz CT molecular complexity index is 725. The lowest BCUT2D eigenvalue weighted by molar-refractivity contribution is -0.149. The summed E-state index contributed by atoms with van der Waals surface area (Å²) < 4.78 is 10.1. The van der Waals surface area contributed by atoms with Crippen LogP contribution >= 0.6 is 11.6 Å². The zero-order valence-electron chi connectivity index (χ0n) is 13.5. The molecule has 1 N–H and O–H groups in total. The molecule has 0 aliphatic rings. The molecule has 0 saturated carbocycles. The van der Waals surface area contributed by atoms with Crippen LogP contribution < -0.4 is 10.1 Å². The first-order chi connectivity index (χ1) is 11.5. The molecule has 0 radical (unpaired) electrons. The molecular formula is C18H18ClNO4. The van der Waals surface area contributed by atoms with Gasteiger partial charge in [-0.25, -0.2) is 4.79 Å². The number of carbonyl (C=O) groups is 2. The third-order valence-electron chi connectivity index (χ3n) is 3.29. The van der Waals surface area contributed by atoms with E-state index in [0.717, 1.165) is 16.8 Å². The lowest BCUT2D eigenvalue weighted by atomic mass is 10.1. The topological polar surface area (TPSA) is 64.6 Å². The van der Waals surface area contributed by atoms with Crippen molar-refractivity contribution in [3.63, 3.8) is 0 Å². The van der Waals surface area contributed by atoms with Gasteiger partial charge in [-0.3, -0.25) is 4.79 Å². The average molecular weight is 348 g/mol. The maximum Gasteiger partial charge on any atom is 0.344 e. The molecule has 0 aliphatic carbocycles. The number of esters is 1. The molecule has 2 aromatic rings. The van der Waals surface area contributed by atoms with Crippen molar-refractivity contribution in [1.29, 1.82) is 0 Å². The molecule has 0 bridgehead atoms. The van der Waals surface area contributed by atoms with Gasteiger partial charge >= 0.3 is 5.97 Å². The van der Waals surface area contributed by atoms with E-state index in [9.17, 15) is 9.59 Å². The molecule has 0 saturated heterocycles. The van der Waals surface area contributed by atoms with Gasteiger partial charge in [-0.2, -0.15) is 0 Å². The second-order valence-corrected chi connectivity index (χ2v) is 5.60. The van der Waals surface area contributed by atoms with Crippen LogP contribution in [0.25, 0.3) is 0 Å². The summed E-state index contributed by atoms with van der Waals surface area (Å²) >= 11 is 5.91. The van der Waals surface area contributed by atoms with Crippen LogP contribution in [-0.4, -0.2) is 25.1 Å². The standard InChI is InChI=1S/C18H18ClNO4/c1-12-6-5-7-13(2)18(12)20-16(21)10-24-17(22)11-23-15-9-4-3-8-14(15)19/h3-9H,10-11H2,1-2H3,(H,20,21). The lowest BCUT2D eigenvalue weighted by Crippen LogP contribution is -2.24. The SMILES string of the molecule is Cc1cccc(C)c1NC(=O)COC(=O)COc1ccccc1Cl. The summed E-state index contributed by atoms with van der Waals surface area (Å²) in [4.78, 5) is 23.5. The highest BCUT2D eigenvalue weighted by Gasteiger charge is 2.11. The van der Waals surface area contributed by atoms with Gasteiger partial charge in [-0.15, -0.1) is 0 Å². The highest BCUT2D eigenvalue weighted by molar-refractivity contribution is 6.32. The van der Waals surface area contributed by atoms with E-state index in [4.69, 9.17) is 21.1 Å². The minimum atomic E-state index is -0.647. The molecule has 1 amide bonds. The van der Waals surface area contributed by atoms with Gasteiger partial charge in [0.25, 0.3) is 5.91 Å². The van der Waals surface area contributed by atoms with E-state index in [1.807, 2.05) is 32.0 Å². The molecule has 0 aliphatic heterocycles. The number of para-hydroxylation sites is 2. The fourth-order valence-corrected chi connectivity index (χ4v) is 2.26. The molecule has 0 aromatic heterocycles. The summed E-state index contributed by atoms with van der Waals surface area (Å²) in [6.07, 6.45) is 0. The van der Waals surface area contributed by atoms with E-state index < -0.39 is 11.9 Å². The summed E-state index contributed by atoms with van der Waals surface area (Å²) in [7, 11) is 0. The van der Waals surface area contributed by atoms with Crippen LogP contribution in [0.3, 0.4) is 0 Å². The van der Waals surface area contributed by atoms with Gasteiger partial charge in [0.05, 0.1) is 5.02 Å². The first-order valence-electron chi connectivity index (χ1n) is 7.36. The first-order valence-corrected chi connectivity index (χ1v) is 7.74. The third kappa shape index (κ3) is 4.99. The van der Waals surface area contributed by atoms with Crippen molar-refractivity contribution in [2.75, 3.05) is 18.5 Å². The molecule has 6 heteroatoms. The molecule has 0 fully saturated rings. The van der Waals surface area contributed by atoms with E-state index in [1.165, 1.54) is 0 Å². The summed E-state index contributed by atoms with van der Waals surface area (Å²) in [6.45, 7) is 3.09. The third-order valence-corrected chi connectivity index (χ3v) is 3.60. The van der Waals surface area contributed by atoms with Crippen LogP contribution in [-0.2, 0) is 14.3 Å². The smallest absolute Gasteiger partial charge is 0.344 e. The predicted molar refractivity (Wildman–Crippen MR) is 92.5 cm³/mol. The van der Waals surface area contributed by atoms with Crippen LogP contribution in [0.1, 0.15) is 11.1 Å². The molecule has 0 atom stereocenters. The van der Waals surface area contributed by atoms with Crippen LogP contribution in [0.2, 0.25) is 5.02 Å². The number of rotatable bonds is 6. The van der Waals surface area contributed by atoms with Crippen molar-refractivity contribution < 1.29 is 19.1 Å². The number of hydrogen-bond donors (Lipinski definition) is 1. The minimum Gasteiger partial charge on any atom is -0.480 e. The maximum absolute atomic E-state index is 11.9. The number of anilines is 1. The Morgan fingerprint density at radius 2 is 1.67 bits per heavy atom. The predicted octanol–water partition coefficient (Wildman–Crippen LogP) is 3.52. The minimum absolute atomic E-state index is 0.319. The number of amides is 1. The van der Waals surface area contributed by atoms with Crippen LogP contribution in [0.4, 0.5) is 5.69 Å². The molecule has 5 nitrogen and oxygen atoms in total. The fraction of sp³-hybridized carbons (Fsp3) is 0.222. The number of carbonyl (C=O) groups excluding carboxylic acids is 2. The van der Waals surface area contributed by atoms with Gasteiger partial charge in [-0.1, -0.05) is 41.9 Å². The molecule has 126 valence electrons. The molecular weight excluding hydrogens is 330 g/mol. The quantitative estimate of drug-likeness (QED) is 0.812. The van der Waals surface area contributed by atoms with Gasteiger partial charge in [-0.05, 0) is 37.1 Å². The van der Waals surface area contributed by atoms with Crippen LogP contribution in [0.5, 0.6) is 5.75 Å². The van der Waals surface area contributed by atoms with Gasteiger partial charge in [0.1, 0.15) is 5.75 Å². The Hall–Kier alpha value is -2.53. The summed E-state index contributed by atoms with van der Waals surface area (Å²) in [5.74, 6) is -0.666. The molecule has 24 heavy (non-hydrogen) atoms. The van der Waals surface area contributed by atoms with E-state index >= 15 is 0 Å².